The number of aliphatic hydroxyl groups excluding tert-OH is 1. The summed E-state index contributed by atoms with van der Waals surface area (Å²) in [4.78, 5) is 0. The summed E-state index contributed by atoms with van der Waals surface area (Å²) >= 11 is 0. The number of aliphatic hydroxyl groups is 1. The van der Waals surface area contributed by atoms with Gasteiger partial charge >= 0.3 is 0 Å². The molecule has 2 nitrogen and oxygen atoms in total. The average molecular weight is 170 g/mol. The molecule has 1 saturated carbocycles. The van der Waals surface area contributed by atoms with E-state index in [2.05, 4.69) is 0 Å². The highest BCUT2D eigenvalue weighted by atomic mass is 16.5. The second kappa shape index (κ2) is 3.75. The highest BCUT2D eigenvalue weighted by Crippen LogP contribution is 2.35. The van der Waals surface area contributed by atoms with Crippen LogP contribution in [0.25, 0.3) is 0 Å². The van der Waals surface area contributed by atoms with Gasteiger partial charge in [0.25, 0.3) is 0 Å². The van der Waals surface area contributed by atoms with Crippen LogP contribution in [0.15, 0.2) is 0 Å². The lowest BCUT2D eigenvalue weighted by molar-refractivity contribution is -0.0392. The molecule has 1 N–H and O–H groups in total. The van der Waals surface area contributed by atoms with Crippen LogP contribution in [0.3, 0.4) is 0 Å². The topological polar surface area (TPSA) is 29.5 Å². The molecule has 70 valence electrons. The van der Waals surface area contributed by atoms with E-state index < -0.39 is 0 Å². The van der Waals surface area contributed by atoms with Gasteiger partial charge in [-0.2, -0.15) is 0 Å². The van der Waals surface area contributed by atoms with Crippen molar-refractivity contribution in [2.24, 2.45) is 11.8 Å². The van der Waals surface area contributed by atoms with Gasteiger partial charge in [-0.15, -0.1) is 0 Å². The van der Waals surface area contributed by atoms with Gasteiger partial charge in [-0.1, -0.05) is 19.3 Å². The van der Waals surface area contributed by atoms with Gasteiger partial charge in [0.2, 0.25) is 0 Å². The Balaban J connectivity index is 1.68. The first-order valence-electron chi connectivity index (χ1n) is 5.12. The monoisotopic (exact) mass is 170 g/mol. The summed E-state index contributed by atoms with van der Waals surface area (Å²) in [5.41, 5.74) is 0. The van der Waals surface area contributed by atoms with Crippen molar-refractivity contribution in [3.8, 4) is 0 Å². The molecule has 1 saturated heterocycles. The van der Waals surface area contributed by atoms with Crippen molar-refractivity contribution in [3.63, 3.8) is 0 Å². The van der Waals surface area contributed by atoms with Crippen molar-refractivity contribution < 1.29 is 9.84 Å². The van der Waals surface area contributed by atoms with Crippen LogP contribution in [-0.4, -0.2) is 24.4 Å². The summed E-state index contributed by atoms with van der Waals surface area (Å²) in [5, 5.41) is 9.62. The minimum absolute atomic E-state index is 0.0856. The number of rotatable bonds is 3. The molecule has 2 heteroatoms. The Kier molecular flexibility index (Phi) is 2.66. The normalized spacial score (nSPS) is 36.8. The van der Waals surface area contributed by atoms with Gasteiger partial charge < -0.3 is 9.84 Å². The summed E-state index contributed by atoms with van der Waals surface area (Å²) in [5.74, 6) is 1.42. The fraction of sp³-hybridized carbons (Fsp3) is 1.00. The van der Waals surface area contributed by atoms with E-state index in [0.717, 1.165) is 25.6 Å². The van der Waals surface area contributed by atoms with Crippen LogP contribution in [-0.2, 0) is 4.74 Å². The van der Waals surface area contributed by atoms with E-state index in [-0.39, 0.29) is 6.10 Å². The third kappa shape index (κ3) is 2.20. The molecule has 2 atom stereocenters. The Labute approximate surface area is 73.9 Å². The molecule has 2 fully saturated rings. The lowest BCUT2D eigenvalue weighted by Gasteiger charge is -2.27. The lowest BCUT2D eigenvalue weighted by Crippen LogP contribution is -2.31. The molecule has 0 aromatic rings. The molecule has 1 heterocycles. The van der Waals surface area contributed by atoms with Crippen LogP contribution in [0.4, 0.5) is 0 Å². The Bertz CT molecular complexity index is 143. The van der Waals surface area contributed by atoms with Crippen LogP contribution < -0.4 is 0 Å². The fourth-order valence-electron chi connectivity index (χ4n) is 1.92. The summed E-state index contributed by atoms with van der Waals surface area (Å²) in [7, 11) is 0. The van der Waals surface area contributed by atoms with Gasteiger partial charge in [0, 0.05) is 12.5 Å². The van der Waals surface area contributed by atoms with Gasteiger partial charge in [-0.05, 0) is 18.8 Å². The van der Waals surface area contributed by atoms with E-state index in [0.29, 0.717) is 5.92 Å². The molecule has 0 bridgehead atoms. The molecule has 0 aromatic carbocycles. The summed E-state index contributed by atoms with van der Waals surface area (Å²) in [6.07, 6.45) is 6.08. The molecule has 1 aliphatic heterocycles. The van der Waals surface area contributed by atoms with Crippen molar-refractivity contribution in [2.45, 2.75) is 38.2 Å². The summed E-state index contributed by atoms with van der Waals surface area (Å²) in [6.45, 7) is 1.54. The zero-order chi connectivity index (χ0) is 8.39. The molecule has 0 spiro atoms. The molecule has 0 amide bonds. The quantitative estimate of drug-likeness (QED) is 0.696. The van der Waals surface area contributed by atoms with E-state index in [4.69, 9.17) is 4.74 Å². The highest BCUT2D eigenvalue weighted by Gasteiger charge is 2.27. The van der Waals surface area contributed by atoms with E-state index in [1.807, 2.05) is 0 Å². The van der Waals surface area contributed by atoms with Gasteiger partial charge in [0.1, 0.15) is 0 Å². The Morgan fingerprint density at radius 2 is 2.00 bits per heavy atom. The highest BCUT2D eigenvalue weighted by molar-refractivity contribution is 4.78. The van der Waals surface area contributed by atoms with Gasteiger partial charge in [-0.25, -0.2) is 0 Å². The van der Waals surface area contributed by atoms with Crippen LogP contribution >= 0.6 is 0 Å². The van der Waals surface area contributed by atoms with E-state index in [9.17, 15) is 5.11 Å². The molecule has 12 heavy (non-hydrogen) atoms. The maximum Gasteiger partial charge on any atom is 0.0612 e. The first-order chi connectivity index (χ1) is 5.86. The lowest BCUT2D eigenvalue weighted by atomic mass is 9.93. The van der Waals surface area contributed by atoms with Gasteiger partial charge in [-0.3, -0.25) is 0 Å². The van der Waals surface area contributed by atoms with Crippen molar-refractivity contribution in [1.82, 2.24) is 0 Å². The minimum atomic E-state index is -0.0856. The molecular formula is C10H18O2. The minimum Gasteiger partial charge on any atom is -0.393 e. The third-order valence-electron chi connectivity index (χ3n) is 3.08. The van der Waals surface area contributed by atoms with Crippen molar-refractivity contribution in [1.29, 1.82) is 0 Å². The van der Waals surface area contributed by atoms with E-state index in [1.54, 1.807) is 0 Å². The first kappa shape index (κ1) is 8.52. The molecule has 1 aliphatic carbocycles. The van der Waals surface area contributed by atoms with Crippen LogP contribution in [0.2, 0.25) is 0 Å². The van der Waals surface area contributed by atoms with Crippen LogP contribution in [0, 0.1) is 11.8 Å². The van der Waals surface area contributed by atoms with Crippen molar-refractivity contribution >= 4 is 0 Å². The molecule has 0 aromatic heterocycles. The Morgan fingerprint density at radius 3 is 2.67 bits per heavy atom. The molecule has 2 rings (SSSR count). The Morgan fingerprint density at radius 1 is 1.17 bits per heavy atom. The van der Waals surface area contributed by atoms with Crippen molar-refractivity contribution in [3.05, 3.63) is 0 Å². The summed E-state index contributed by atoms with van der Waals surface area (Å²) < 4.78 is 5.35. The smallest absolute Gasteiger partial charge is 0.0612 e. The van der Waals surface area contributed by atoms with E-state index in [1.165, 1.54) is 25.7 Å². The number of ether oxygens (including phenoxy) is 1. The molecular weight excluding hydrogens is 152 g/mol. The average Bonchev–Trinajstić information content (AvgIpc) is 2.86. The standard InChI is InChI=1S/C10H18O2/c11-10-5-6-12-7-9(10)4-3-8-1-2-8/h8-11H,1-7H2. The second-order valence-corrected chi connectivity index (χ2v) is 4.21. The molecule has 2 unspecified atom stereocenters. The van der Waals surface area contributed by atoms with Gasteiger partial charge in [0.05, 0.1) is 12.7 Å². The number of hydrogen-bond donors (Lipinski definition) is 1. The summed E-state index contributed by atoms with van der Waals surface area (Å²) in [6, 6.07) is 0. The van der Waals surface area contributed by atoms with Crippen molar-refractivity contribution in [2.75, 3.05) is 13.2 Å². The van der Waals surface area contributed by atoms with E-state index >= 15 is 0 Å². The second-order valence-electron chi connectivity index (χ2n) is 4.21. The van der Waals surface area contributed by atoms with Gasteiger partial charge in [0.15, 0.2) is 0 Å². The molecule has 0 radical (unpaired) electrons. The zero-order valence-electron chi connectivity index (χ0n) is 7.54. The van der Waals surface area contributed by atoms with Crippen LogP contribution in [0.5, 0.6) is 0 Å². The third-order valence-corrected chi connectivity index (χ3v) is 3.08. The maximum atomic E-state index is 9.62. The largest absolute Gasteiger partial charge is 0.393 e. The maximum absolute atomic E-state index is 9.62. The predicted octanol–water partition coefficient (Wildman–Crippen LogP) is 1.57. The predicted molar refractivity (Wildman–Crippen MR) is 46.9 cm³/mol. The fourth-order valence-corrected chi connectivity index (χ4v) is 1.92. The first-order valence-corrected chi connectivity index (χ1v) is 5.12. The molecule has 2 aliphatic rings. The Hall–Kier alpha value is -0.0800. The number of hydrogen-bond acceptors (Lipinski definition) is 2. The zero-order valence-corrected chi connectivity index (χ0v) is 7.54. The van der Waals surface area contributed by atoms with Crippen LogP contribution in [0.1, 0.15) is 32.1 Å². The SMILES string of the molecule is OC1CCOCC1CCC1CC1.